The summed E-state index contributed by atoms with van der Waals surface area (Å²) >= 11 is 8.53. The minimum absolute atomic E-state index is 0.117. The molecule has 0 saturated carbocycles. The number of anilines is 2. The van der Waals surface area contributed by atoms with Gasteiger partial charge in [-0.05, 0) is 34.1 Å². The van der Waals surface area contributed by atoms with Gasteiger partial charge in [0, 0.05) is 18.0 Å². The highest BCUT2D eigenvalue weighted by molar-refractivity contribution is 9.10. The van der Waals surface area contributed by atoms with Crippen molar-refractivity contribution in [3.63, 3.8) is 0 Å². The minimum Gasteiger partial charge on any atom is -0.408 e. The second-order valence-corrected chi connectivity index (χ2v) is 4.99. The number of ether oxygens (including phenoxy) is 1. The lowest BCUT2D eigenvalue weighted by molar-refractivity contribution is -0.274. The number of benzene rings is 1. The van der Waals surface area contributed by atoms with E-state index in [1.54, 1.807) is 0 Å². The number of nitrogens with zero attached hydrogens (tertiary/aromatic N) is 2. The molecule has 5 nitrogen and oxygen atoms in total. The van der Waals surface area contributed by atoms with E-state index in [1.807, 2.05) is 0 Å². The molecule has 0 radical (unpaired) electrons. The molecule has 0 amide bonds. The number of aryl methyl sites for hydroxylation is 1. The molecule has 0 aliphatic heterocycles. The predicted octanol–water partition coefficient (Wildman–Crippen LogP) is 4.26. The lowest BCUT2D eigenvalue weighted by Crippen LogP contribution is -2.17. The van der Waals surface area contributed by atoms with Crippen molar-refractivity contribution in [3.05, 3.63) is 28.6 Å². The number of halogens is 5. The zero-order valence-corrected chi connectivity index (χ0v) is 12.6. The Labute approximate surface area is 130 Å². The summed E-state index contributed by atoms with van der Waals surface area (Å²) in [5, 5.41) is 10.2. The van der Waals surface area contributed by atoms with Crippen LogP contribution in [0.4, 0.5) is 24.9 Å². The van der Waals surface area contributed by atoms with Gasteiger partial charge in [-0.3, -0.25) is 0 Å². The Bertz CT molecular complexity index is 621. The molecule has 0 bridgehead atoms. The molecule has 0 unspecified atom stereocenters. The highest BCUT2D eigenvalue weighted by Crippen LogP contribution is 2.33. The lowest BCUT2D eigenvalue weighted by atomic mass is 10.3. The molecule has 21 heavy (non-hydrogen) atoms. The fraction of sp³-hybridized carbons (Fsp3) is 0.273. The van der Waals surface area contributed by atoms with E-state index in [-0.39, 0.29) is 16.2 Å². The maximum atomic E-state index is 12.1. The van der Waals surface area contributed by atoms with Gasteiger partial charge >= 0.3 is 12.4 Å². The van der Waals surface area contributed by atoms with Gasteiger partial charge in [-0.15, -0.1) is 29.9 Å². The third-order valence-corrected chi connectivity index (χ3v) is 2.99. The first-order chi connectivity index (χ1) is 9.87. The first-order valence-electron chi connectivity index (χ1n) is 5.58. The maximum absolute atomic E-state index is 12.1. The maximum Gasteiger partial charge on any atom is 0.573 e. The zero-order chi connectivity index (χ0) is 15.5. The molecule has 0 fully saturated rings. The number of alkyl halides is 4. The molecule has 2 aromatic rings. The summed E-state index contributed by atoms with van der Waals surface area (Å²) in [5.41, 5.74) is 0.456. The van der Waals surface area contributed by atoms with Crippen molar-refractivity contribution >= 4 is 39.2 Å². The molecule has 0 aliphatic rings. The summed E-state index contributed by atoms with van der Waals surface area (Å²) in [4.78, 5) is 0. The Morgan fingerprint density at radius 2 is 2.10 bits per heavy atom. The molecular weight excluding hydrogens is 378 g/mol. The van der Waals surface area contributed by atoms with Crippen molar-refractivity contribution in [3.8, 4) is 5.75 Å². The van der Waals surface area contributed by atoms with Crippen LogP contribution in [0.25, 0.3) is 0 Å². The summed E-state index contributed by atoms with van der Waals surface area (Å²) in [6.07, 6.45) is -4.32. The Hall–Kier alpha value is -1.48. The van der Waals surface area contributed by atoms with Crippen LogP contribution in [0.15, 0.2) is 27.1 Å². The van der Waals surface area contributed by atoms with Crippen LogP contribution in [0.5, 0.6) is 5.75 Å². The smallest absolute Gasteiger partial charge is 0.408 e. The topological polar surface area (TPSA) is 60.2 Å². The first-order valence-corrected chi connectivity index (χ1v) is 6.91. The number of hydrogen-bond acceptors (Lipinski definition) is 5. The Morgan fingerprint density at radius 3 is 2.71 bits per heavy atom. The second-order valence-electron chi connectivity index (χ2n) is 3.76. The van der Waals surface area contributed by atoms with Crippen LogP contribution in [0.2, 0.25) is 0 Å². The van der Waals surface area contributed by atoms with Crippen LogP contribution < -0.4 is 10.1 Å². The summed E-state index contributed by atoms with van der Waals surface area (Å²) < 4.78 is 45.6. The van der Waals surface area contributed by atoms with Crippen molar-refractivity contribution in [2.24, 2.45) is 0 Å². The van der Waals surface area contributed by atoms with Gasteiger partial charge in [0.1, 0.15) is 5.75 Å². The SMILES string of the molecule is FC(F)(F)Oc1ccc(Nc2nnc(CCCl)o2)cc1Br. The highest BCUT2D eigenvalue weighted by atomic mass is 79.9. The Balaban J connectivity index is 2.09. The molecular formula is C11H8BrClF3N3O2. The van der Waals surface area contributed by atoms with Crippen LogP contribution in [0.1, 0.15) is 5.89 Å². The van der Waals surface area contributed by atoms with Gasteiger partial charge in [0.05, 0.1) is 4.47 Å². The average Bonchev–Trinajstić information content (AvgIpc) is 2.79. The fourth-order valence-corrected chi connectivity index (χ4v) is 2.02. The second kappa shape index (κ2) is 6.52. The highest BCUT2D eigenvalue weighted by Gasteiger charge is 2.31. The van der Waals surface area contributed by atoms with E-state index in [2.05, 4.69) is 36.2 Å². The van der Waals surface area contributed by atoms with E-state index in [4.69, 9.17) is 16.0 Å². The number of rotatable bonds is 5. The molecule has 0 saturated heterocycles. The summed E-state index contributed by atoms with van der Waals surface area (Å²) in [6.45, 7) is 0. The molecule has 0 aliphatic carbocycles. The predicted molar refractivity (Wildman–Crippen MR) is 72.8 cm³/mol. The summed E-state index contributed by atoms with van der Waals surface area (Å²) in [5.74, 6) is 0.362. The first kappa shape index (κ1) is 15.9. The molecule has 1 heterocycles. The van der Waals surface area contributed by atoms with Gasteiger partial charge < -0.3 is 14.5 Å². The normalized spacial score (nSPS) is 11.5. The lowest BCUT2D eigenvalue weighted by Gasteiger charge is -2.11. The van der Waals surface area contributed by atoms with E-state index in [1.165, 1.54) is 12.1 Å². The Kier molecular flexibility index (Phi) is 4.94. The standard InChI is InChI=1S/C11H8BrClF3N3O2/c12-7-5-6(1-2-8(7)21-11(14,15)16)17-10-19-18-9(20-10)3-4-13/h1-2,5H,3-4H2,(H,17,19). The van der Waals surface area contributed by atoms with Crippen LogP contribution in [0.3, 0.4) is 0 Å². The molecule has 1 aromatic carbocycles. The van der Waals surface area contributed by atoms with Gasteiger partial charge in [-0.2, -0.15) is 0 Å². The fourth-order valence-electron chi connectivity index (χ4n) is 1.40. The largest absolute Gasteiger partial charge is 0.573 e. The van der Waals surface area contributed by atoms with Gasteiger partial charge in [0.15, 0.2) is 0 Å². The van der Waals surface area contributed by atoms with Crippen LogP contribution >= 0.6 is 27.5 Å². The van der Waals surface area contributed by atoms with Gasteiger partial charge in [0.25, 0.3) is 0 Å². The molecule has 10 heteroatoms. The summed E-state index contributed by atoms with van der Waals surface area (Å²) in [7, 11) is 0. The monoisotopic (exact) mass is 385 g/mol. The van der Waals surface area contributed by atoms with E-state index < -0.39 is 6.36 Å². The average molecular weight is 387 g/mol. The molecule has 1 aromatic heterocycles. The van der Waals surface area contributed by atoms with Crippen molar-refractivity contribution in [1.82, 2.24) is 10.2 Å². The van der Waals surface area contributed by atoms with Crippen LogP contribution in [-0.2, 0) is 6.42 Å². The minimum atomic E-state index is -4.75. The van der Waals surface area contributed by atoms with Gasteiger partial charge in [0.2, 0.25) is 5.89 Å². The van der Waals surface area contributed by atoms with Crippen LogP contribution in [-0.4, -0.2) is 22.4 Å². The molecule has 1 N–H and O–H groups in total. The van der Waals surface area contributed by atoms with Crippen molar-refractivity contribution in [2.75, 3.05) is 11.2 Å². The number of nitrogens with one attached hydrogen (secondary N) is 1. The molecule has 0 spiro atoms. The third kappa shape index (κ3) is 4.78. The van der Waals surface area contributed by atoms with E-state index in [9.17, 15) is 13.2 Å². The molecule has 114 valence electrons. The van der Waals surface area contributed by atoms with Crippen molar-refractivity contribution in [1.29, 1.82) is 0 Å². The number of hydrogen-bond donors (Lipinski definition) is 1. The third-order valence-electron chi connectivity index (χ3n) is 2.18. The number of aromatic nitrogens is 2. The van der Waals surface area contributed by atoms with Crippen LogP contribution in [0, 0.1) is 0 Å². The van der Waals surface area contributed by atoms with E-state index in [0.29, 0.717) is 23.9 Å². The van der Waals surface area contributed by atoms with E-state index in [0.717, 1.165) is 6.07 Å². The van der Waals surface area contributed by atoms with E-state index >= 15 is 0 Å². The van der Waals surface area contributed by atoms with Gasteiger partial charge in [-0.25, -0.2) is 0 Å². The van der Waals surface area contributed by atoms with Gasteiger partial charge in [-0.1, -0.05) is 5.10 Å². The Morgan fingerprint density at radius 1 is 1.33 bits per heavy atom. The zero-order valence-electron chi connectivity index (χ0n) is 10.2. The summed E-state index contributed by atoms with van der Waals surface area (Å²) in [6, 6.07) is 4.06. The molecule has 2 rings (SSSR count). The van der Waals surface area contributed by atoms with Crippen molar-refractivity contribution in [2.45, 2.75) is 12.8 Å². The van der Waals surface area contributed by atoms with Crippen molar-refractivity contribution < 1.29 is 22.3 Å². The quantitative estimate of drug-likeness (QED) is 0.778. The molecule has 0 atom stereocenters.